The summed E-state index contributed by atoms with van der Waals surface area (Å²) < 4.78 is 10.5. The van der Waals surface area contributed by atoms with E-state index in [9.17, 15) is 0 Å². The summed E-state index contributed by atoms with van der Waals surface area (Å²) in [6, 6.07) is 8.43. The molecule has 0 fully saturated rings. The molecule has 0 N–H and O–H groups in total. The second-order valence-corrected chi connectivity index (χ2v) is 2.81. The first kappa shape index (κ1) is 9.90. The van der Waals surface area contributed by atoms with Crippen molar-refractivity contribution in [1.82, 2.24) is 0 Å². The van der Waals surface area contributed by atoms with E-state index in [-0.39, 0.29) is 0 Å². The summed E-state index contributed by atoms with van der Waals surface area (Å²) in [5.41, 5.74) is 0. The molecular formula is C11H15O2. The lowest BCUT2D eigenvalue weighted by Crippen LogP contribution is -1.96. The fourth-order valence-corrected chi connectivity index (χ4v) is 0.965. The van der Waals surface area contributed by atoms with E-state index < -0.39 is 0 Å². The van der Waals surface area contributed by atoms with Crippen LogP contribution < -0.4 is 9.47 Å². The Kier molecular flexibility index (Phi) is 4.16. The highest BCUT2D eigenvalue weighted by atomic mass is 16.5. The average Bonchev–Trinajstić information content (AvgIpc) is 2.19. The van der Waals surface area contributed by atoms with Gasteiger partial charge in [0, 0.05) is 6.07 Å². The fourth-order valence-electron chi connectivity index (χ4n) is 0.965. The molecule has 0 amide bonds. The molecule has 0 saturated heterocycles. The van der Waals surface area contributed by atoms with Crippen molar-refractivity contribution < 1.29 is 9.47 Å². The Hall–Kier alpha value is -1.18. The van der Waals surface area contributed by atoms with Crippen molar-refractivity contribution in [3.05, 3.63) is 24.3 Å². The van der Waals surface area contributed by atoms with Gasteiger partial charge in [0.15, 0.2) is 0 Å². The minimum absolute atomic E-state index is 0.761. The number of unbranched alkanes of at least 4 members (excludes halogenated alkanes) is 1. The summed E-state index contributed by atoms with van der Waals surface area (Å²) in [6.45, 7) is 2.90. The van der Waals surface area contributed by atoms with E-state index in [0.29, 0.717) is 0 Å². The molecule has 1 rings (SSSR count). The third-order valence-electron chi connectivity index (χ3n) is 1.74. The maximum Gasteiger partial charge on any atom is 0.123 e. The molecule has 2 nitrogen and oxygen atoms in total. The molecule has 0 heterocycles. The second-order valence-electron chi connectivity index (χ2n) is 2.81. The monoisotopic (exact) mass is 179 g/mol. The Morgan fingerprint density at radius 2 is 2.08 bits per heavy atom. The Morgan fingerprint density at radius 1 is 1.31 bits per heavy atom. The van der Waals surface area contributed by atoms with E-state index in [4.69, 9.17) is 9.47 Å². The van der Waals surface area contributed by atoms with Gasteiger partial charge in [-0.05, 0) is 24.6 Å². The van der Waals surface area contributed by atoms with Crippen LogP contribution in [0.5, 0.6) is 11.5 Å². The molecule has 1 radical (unpaired) electrons. The number of hydrogen-bond donors (Lipinski definition) is 0. The number of benzene rings is 1. The topological polar surface area (TPSA) is 18.5 Å². The van der Waals surface area contributed by atoms with Crippen molar-refractivity contribution >= 4 is 0 Å². The maximum atomic E-state index is 5.48. The van der Waals surface area contributed by atoms with Crippen molar-refractivity contribution in [2.45, 2.75) is 19.8 Å². The van der Waals surface area contributed by atoms with Crippen LogP contribution in [0.15, 0.2) is 18.2 Å². The Labute approximate surface area is 79.5 Å². The molecule has 71 valence electrons. The molecule has 0 aliphatic heterocycles. The van der Waals surface area contributed by atoms with Gasteiger partial charge in [0.25, 0.3) is 0 Å². The van der Waals surface area contributed by atoms with Gasteiger partial charge in [0.05, 0.1) is 13.7 Å². The molecule has 2 heteroatoms. The van der Waals surface area contributed by atoms with Gasteiger partial charge in [0.2, 0.25) is 0 Å². The van der Waals surface area contributed by atoms with Crippen LogP contribution in [0, 0.1) is 6.07 Å². The van der Waals surface area contributed by atoms with Crippen molar-refractivity contribution in [1.29, 1.82) is 0 Å². The van der Waals surface area contributed by atoms with Crippen LogP contribution in [-0.4, -0.2) is 13.7 Å². The van der Waals surface area contributed by atoms with E-state index in [1.165, 1.54) is 0 Å². The summed E-state index contributed by atoms with van der Waals surface area (Å²) in [4.78, 5) is 0. The van der Waals surface area contributed by atoms with Crippen LogP contribution >= 0.6 is 0 Å². The van der Waals surface area contributed by atoms with Crippen molar-refractivity contribution in [3.8, 4) is 11.5 Å². The van der Waals surface area contributed by atoms with Crippen LogP contribution in [-0.2, 0) is 0 Å². The third kappa shape index (κ3) is 3.36. The molecule has 0 aliphatic rings. The van der Waals surface area contributed by atoms with E-state index in [0.717, 1.165) is 30.9 Å². The number of hydrogen-bond acceptors (Lipinski definition) is 2. The Morgan fingerprint density at radius 3 is 2.77 bits per heavy atom. The molecule has 0 atom stereocenters. The molecule has 0 aromatic heterocycles. The third-order valence-corrected chi connectivity index (χ3v) is 1.74. The van der Waals surface area contributed by atoms with Crippen LogP contribution in [0.1, 0.15) is 19.8 Å². The normalized spacial score (nSPS) is 9.69. The lowest BCUT2D eigenvalue weighted by Gasteiger charge is -2.06. The van der Waals surface area contributed by atoms with Crippen LogP contribution in [0.3, 0.4) is 0 Å². The van der Waals surface area contributed by atoms with Gasteiger partial charge in [-0.15, -0.1) is 0 Å². The van der Waals surface area contributed by atoms with E-state index >= 15 is 0 Å². The summed E-state index contributed by atoms with van der Waals surface area (Å²) >= 11 is 0. The number of methoxy groups -OCH3 is 1. The molecular weight excluding hydrogens is 164 g/mol. The van der Waals surface area contributed by atoms with Gasteiger partial charge < -0.3 is 9.47 Å². The molecule has 13 heavy (non-hydrogen) atoms. The highest BCUT2D eigenvalue weighted by molar-refractivity contribution is 5.31. The average molecular weight is 179 g/mol. The highest BCUT2D eigenvalue weighted by Gasteiger charge is 1.95. The van der Waals surface area contributed by atoms with Gasteiger partial charge >= 0.3 is 0 Å². The SMILES string of the molecule is CCCCOc1c[c]cc(OC)c1. The predicted octanol–water partition coefficient (Wildman–Crippen LogP) is 2.67. The number of rotatable bonds is 5. The zero-order valence-corrected chi connectivity index (χ0v) is 8.17. The lowest BCUT2D eigenvalue weighted by molar-refractivity contribution is 0.307. The fraction of sp³-hybridized carbons (Fsp3) is 0.455. The van der Waals surface area contributed by atoms with Gasteiger partial charge in [-0.2, -0.15) is 0 Å². The van der Waals surface area contributed by atoms with E-state index in [1.807, 2.05) is 12.1 Å². The number of ether oxygens (including phenoxy) is 2. The van der Waals surface area contributed by atoms with Gasteiger partial charge in [-0.3, -0.25) is 0 Å². The Bertz CT molecular complexity index is 246. The van der Waals surface area contributed by atoms with E-state index in [2.05, 4.69) is 13.0 Å². The van der Waals surface area contributed by atoms with Crippen LogP contribution in [0.25, 0.3) is 0 Å². The summed E-state index contributed by atoms with van der Waals surface area (Å²) in [7, 11) is 1.64. The zero-order chi connectivity index (χ0) is 9.52. The van der Waals surface area contributed by atoms with Gasteiger partial charge in [-0.25, -0.2) is 0 Å². The smallest absolute Gasteiger partial charge is 0.123 e. The maximum absolute atomic E-state index is 5.48. The summed E-state index contributed by atoms with van der Waals surface area (Å²) in [6.07, 6.45) is 2.23. The molecule has 0 bridgehead atoms. The first-order valence-corrected chi connectivity index (χ1v) is 4.54. The molecule has 0 saturated carbocycles. The standard InChI is InChI=1S/C11H15O2/c1-3-4-8-13-11-7-5-6-10(9-11)12-2/h6-7,9H,3-4,8H2,1-2H3. The molecule has 0 unspecified atom stereocenters. The Balaban J connectivity index is 2.46. The minimum atomic E-state index is 0.761. The second kappa shape index (κ2) is 5.46. The van der Waals surface area contributed by atoms with Crippen molar-refractivity contribution in [2.75, 3.05) is 13.7 Å². The first-order chi connectivity index (χ1) is 6.36. The van der Waals surface area contributed by atoms with Crippen LogP contribution in [0.4, 0.5) is 0 Å². The largest absolute Gasteiger partial charge is 0.497 e. The summed E-state index contributed by atoms with van der Waals surface area (Å²) in [5.74, 6) is 1.61. The quantitative estimate of drug-likeness (QED) is 0.647. The predicted molar refractivity (Wildman–Crippen MR) is 52.2 cm³/mol. The minimum Gasteiger partial charge on any atom is -0.497 e. The van der Waals surface area contributed by atoms with E-state index in [1.54, 1.807) is 13.2 Å². The van der Waals surface area contributed by atoms with Crippen molar-refractivity contribution in [3.63, 3.8) is 0 Å². The van der Waals surface area contributed by atoms with Crippen molar-refractivity contribution in [2.24, 2.45) is 0 Å². The van der Waals surface area contributed by atoms with Gasteiger partial charge in [0.1, 0.15) is 11.5 Å². The van der Waals surface area contributed by atoms with Gasteiger partial charge in [-0.1, -0.05) is 13.3 Å². The zero-order valence-electron chi connectivity index (χ0n) is 8.17. The van der Waals surface area contributed by atoms with Crippen LogP contribution in [0.2, 0.25) is 0 Å². The molecule has 0 aliphatic carbocycles. The highest BCUT2D eigenvalue weighted by Crippen LogP contribution is 2.18. The first-order valence-electron chi connectivity index (χ1n) is 4.54. The molecule has 1 aromatic carbocycles. The molecule has 1 aromatic rings. The molecule has 0 spiro atoms. The lowest BCUT2D eigenvalue weighted by atomic mass is 10.3. The summed E-state index contributed by atoms with van der Waals surface area (Å²) in [5, 5.41) is 0.